The van der Waals surface area contributed by atoms with Gasteiger partial charge in [-0.2, -0.15) is 5.10 Å². The molecule has 2 aromatic rings. The molecule has 4 heteroatoms. The second-order valence-electron chi connectivity index (χ2n) is 4.63. The maximum atomic E-state index is 9.58. The Bertz CT molecular complexity index is 495. The van der Waals surface area contributed by atoms with Crippen LogP contribution in [-0.4, -0.2) is 21.5 Å². The lowest BCUT2D eigenvalue weighted by atomic mass is 9.88. The van der Waals surface area contributed by atoms with E-state index in [0.29, 0.717) is 13.0 Å². The van der Waals surface area contributed by atoms with Crippen LogP contribution in [0.1, 0.15) is 17.7 Å². The van der Waals surface area contributed by atoms with E-state index in [4.69, 9.17) is 5.73 Å². The predicted octanol–water partition coefficient (Wildman–Crippen LogP) is 1.43. The molecule has 1 heterocycles. The molecule has 0 fully saturated rings. The number of hydrogen-bond acceptors (Lipinski definition) is 3. The normalized spacial score (nSPS) is 14.4. The van der Waals surface area contributed by atoms with E-state index in [0.717, 1.165) is 11.3 Å². The van der Waals surface area contributed by atoms with Gasteiger partial charge >= 0.3 is 0 Å². The minimum absolute atomic E-state index is 0.0721. The second-order valence-corrected chi connectivity index (χ2v) is 4.63. The van der Waals surface area contributed by atoms with E-state index in [1.807, 2.05) is 48.0 Å². The fourth-order valence-corrected chi connectivity index (χ4v) is 2.02. The molecule has 0 bridgehead atoms. The van der Waals surface area contributed by atoms with Gasteiger partial charge in [-0.25, -0.2) is 0 Å². The molecule has 0 aliphatic carbocycles. The van der Waals surface area contributed by atoms with Crippen LogP contribution in [0.25, 0.3) is 0 Å². The molecule has 0 spiro atoms. The molecule has 0 saturated heterocycles. The van der Waals surface area contributed by atoms with Crippen LogP contribution in [0.4, 0.5) is 0 Å². The molecule has 3 N–H and O–H groups in total. The van der Waals surface area contributed by atoms with E-state index in [9.17, 15) is 5.11 Å². The minimum atomic E-state index is -0.709. The highest BCUT2D eigenvalue weighted by molar-refractivity contribution is 5.23. The zero-order valence-electron chi connectivity index (χ0n) is 10.6. The first kappa shape index (κ1) is 12.8. The molecule has 18 heavy (non-hydrogen) atoms. The smallest absolute Gasteiger partial charge is 0.0661 e. The molecule has 1 aromatic heterocycles. The summed E-state index contributed by atoms with van der Waals surface area (Å²) >= 11 is 0. The van der Waals surface area contributed by atoms with Crippen molar-refractivity contribution in [2.45, 2.75) is 25.4 Å². The van der Waals surface area contributed by atoms with Crippen LogP contribution in [0, 0.1) is 6.92 Å². The van der Waals surface area contributed by atoms with Crippen molar-refractivity contribution in [3.63, 3.8) is 0 Å². The van der Waals surface area contributed by atoms with Crippen molar-refractivity contribution in [1.29, 1.82) is 0 Å². The Labute approximate surface area is 107 Å². The van der Waals surface area contributed by atoms with Crippen molar-refractivity contribution < 1.29 is 5.11 Å². The third-order valence-corrected chi connectivity index (χ3v) is 3.33. The number of aliphatic hydroxyl groups excluding tert-OH is 1. The maximum absolute atomic E-state index is 9.58. The zero-order valence-corrected chi connectivity index (χ0v) is 10.6. The molecule has 4 nitrogen and oxygen atoms in total. The first-order chi connectivity index (χ1) is 8.65. The first-order valence-electron chi connectivity index (χ1n) is 6.09. The zero-order chi connectivity index (χ0) is 13.0. The van der Waals surface area contributed by atoms with Gasteiger partial charge in [-0.3, -0.25) is 4.68 Å². The summed E-state index contributed by atoms with van der Waals surface area (Å²) in [6, 6.07) is 11.7. The quantitative estimate of drug-likeness (QED) is 0.837. The summed E-state index contributed by atoms with van der Waals surface area (Å²) in [7, 11) is 0. The summed E-state index contributed by atoms with van der Waals surface area (Å²) in [5.41, 5.74) is 7.64. The molecule has 1 unspecified atom stereocenters. The van der Waals surface area contributed by atoms with E-state index in [1.54, 1.807) is 6.20 Å². The number of benzene rings is 1. The largest absolute Gasteiger partial charge is 0.394 e. The Morgan fingerprint density at radius 3 is 2.56 bits per heavy atom. The number of aromatic nitrogens is 2. The van der Waals surface area contributed by atoms with E-state index in [2.05, 4.69) is 5.10 Å². The molecule has 1 atom stereocenters. The van der Waals surface area contributed by atoms with Crippen molar-refractivity contribution in [3.8, 4) is 0 Å². The van der Waals surface area contributed by atoms with Gasteiger partial charge in [-0.05, 0) is 25.0 Å². The maximum Gasteiger partial charge on any atom is 0.0661 e. The van der Waals surface area contributed by atoms with Crippen molar-refractivity contribution in [2.24, 2.45) is 5.73 Å². The Hall–Kier alpha value is -1.65. The van der Waals surface area contributed by atoms with E-state index >= 15 is 0 Å². The molecule has 2 rings (SSSR count). The fraction of sp³-hybridized carbons (Fsp3) is 0.357. The highest BCUT2D eigenvalue weighted by atomic mass is 16.3. The molecule has 0 radical (unpaired) electrons. The van der Waals surface area contributed by atoms with Crippen LogP contribution < -0.4 is 5.73 Å². The molecular weight excluding hydrogens is 226 g/mol. The minimum Gasteiger partial charge on any atom is -0.394 e. The summed E-state index contributed by atoms with van der Waals surface area (Å²) in [5.74, 6) is 0. The summed E-state index contributed by atoms with van der Waals surface area (Å²) in [6.07, 6.45) is 2.42. The van der Waals surface area contributed by atoms with Gasteiger partial charge in [0.25, 0.3) is 0 Å². The van der Waals surface area contributed by atoms with Gasteiger partial charge in [-0.1, -0.05) is 30.3 Å². The highest BCUT2D eigenvalue weighted by Crippen LogP contribution is 2.22. The standard InChI is InChI=1S/C14H19N3O/c1-12-7-9-16-17(12)10-8-14(15,11-18)13-5-3-2-4-6-13/h2-7,9,18H,8,10-11,15H2,1H3. The van der Waals surface area contributed by atoms with Crippen molar-refractivity contribution >= 4 is 0 Å². The van der Waals surface area contributed by atoms with Gasteiger partial charge in [-0.15, -0.1) is 0 Å². The lowest BCUT2D eigenvalue weighted by Gasteiger charge is -2.28. The van der Waals surface area contributed by atoms with Gasteiger partial charge in [0.2, 0.25) is 0 Å². The van der Waals surface area contributed by atoms with Crippen molar-refractivity contribution in [3.05, 3.63) is 53.9 Å². The number of nitrogens with zero attached hydrogens (tertiary/aromatic N) is 2. The SMILES string of the molecule is Cc1ccnn1CCC(N)(CO)c1ccccc1. The van der Waals surface area contributed by atoms with Crippen molar-refractivity contribution in [1.82, 2.24) is 9.78 Å². The van der Waals surface area contributed by atoms with Crippen LogP contribution in [0.3, 0.4) is 0 Å². The number of aliphatic hydroxyl groups is 1. The molecule has 0 aliphatic heterocycles. The summed E-state index contributed by atoms with van der Waals surface area (Å²) in [4.78, 5) is 0. The summed E-state index contributed by atoms with van der Waals surface area (Å²) in [6.45, 7) is 2.63. The molecule has 0 saturated carbocycles. The predicted molar refractivity (Wildman–Crippen MR) is 71.0 cm³/mol. The van der Waals surface area contributed by atoms with Gasteiger partial charge < -0.3 is 10.8 Å². The van der Waals surface area contributed by atoms with Crippen LogP contribution in [-0.2, 0) is 12.1 Å². The second kappa shape index (κ2) is 5.33. The molecule has 0 aliphatic rings. The molecular formula is C14H19N3O. The number of aryl methyl sites for hydroxylation is 2. The summed E-state index contributed by atoms with van der Waals surface area (Å²) in [5, 5.41) is 13.8. The van der Waals surface area contributed by atoms with Gasteiger partial charge in [0.15, 0.2) is 0 Å². The molecule has 0 amide bonds. The number of nitrogens with two attached hydrogens (primary N) is 1. The van der Waals surface area contributed by atoms with Gasteiger partial charge in [0.05, 0.1) is 12.1 Å². The van der Waals surface area contributed by atoms with E-state index in [1.165, 1.54) is 0 Å². The molecule has 1 aromatic carbocycles. The average molecular weight is 245 g/mol. The Morgan fingerprint density at radius 1 is 1.28 bits per heavy atom. The average Bonchev–Trinajstić information content (AvgIpc) is 2.83. The van der Waals surface area contributed by atoms with Crippen molar-refractivity contribution in [2.75, 3.05) is 6.61 Å². The van der Waals surface area contributed by atoms with E-state index in [-0.39, 0.29) is 6.61 Å². The highest BCUT2D eigenvalue weighted by Gasteiger charge is 2.26. The number of rotatable bonds is 5. The third-order valence-electron chi connectivity index (χ3n) is 3.33. The van der Waals surface area contributed by atoms with Crippen LogP contribution in [0.2, 0.25) is 0 Å². The lowest BCUT2D eigenvalue weighted by molar-refractivity contribution is 0.180. The fourth-order valence-electron chi connectivity index (χ4n) is 2.02. The first-order valence-corrected chi connectivity index (χ1v) is 6.09. The monoisotopic (exact) mass is 245 g/mol. The Kier molecular flexibility index (Phi) is 3.79. The number of hydrogen-bond donors (Lipinski definition) is 2. The Balaban J connectivity index is 2.12. The summed E-state index contributed by atoms with van der Waals surface area (Å²) < 4.78 is 1.90. The van der Waals surface area contributed by atoms with E-state index < -0.39 is 5.54 Å². The van der Waals surface area contributed by atoms with Crippen LogP contribution in [0.5, 0.6) is 0 Å². The Morgan fingerprint density at radius 2 is 2.00 bits per heavy atom. The van der Waals surface area contributed by atoms with Gasteiger partial charge in [0, 0.05) is 18.4 Å². The van der Waals surface area contributed by atoms with Gasteiger partial charge in [0.1, 0.15) is 0 Å². The third kappa shape index (κ3) is 2.60. The lowest BCUT2D eigenvalue weighted by Crippen LogP contribution is -2.41. The topological polar surface area (TPSA) is 64.1 Å². The van der Waals surface area contributed by atoms with Crippen LogP contribution in [0.15, 0.2) is 42.6 Å². The van der Waals surface area contributed by atoms with Crippen LogP contribution >= 0.6 is 0 Å². The molecule has 96 valence electrons.